The number of aryl methyl sites for hydroxylation is 1. The Kier molecular flexibility index (Phi) is 3.66. The number of thiophene rings is 2. The molecule has 3 heterocycles. The molecule has 3 rings (SSSR count). The van der Waals surface area contributed by atoms with E-state index in [0.29, 0.717) is 23.6 Å². The van der Waals surface area contributed by atoms with Gasteiger partial charge in [-0.2, -0.15) is 11.3 Å². The van der Waals surface area contributed by atoms with Crippen LogP contribution in [0, 0.1) is 6.92 Å². The fourth-order valence-electron chi connectivity index (χ4n) is 1.88. The minimum Gasteiger partial charge on any atom is -0.354 e. The first-order valence-electron chi connectivity index (χ1n) is 6.05. The van der Waals surface area contributed by atoms with Crippen LogP contribution >= 0.6 is 22.7 Å². The molecule has 4 nitrogen and oxygen atoms in total. The van der Waals surface area contributed by atoms with Crippen molar-refractivity contribution >= 4 is 28.6 Å². The SMILES string of the molecule is Cc1noc(-c2cccs2)c1C(=O)NCc1ccsc1. The highest BCUT2D eigenvalue weighted by Gasteiger charge is 2.22. The maximum absolute atomic E-state index is 12.3. The molecule has 0 aromatic carbocycles. The molecule has 0 saturated carbocycles. The Balaban J connectivity index is 1.82. The molecule has 0 unspecified atom stereocenters. The van der Waals surface area contributed by atoms with Crippen molar-refractivity contribution in [3.05, 3.63) is 51.2 Å². The highest BCUT2D eigenvalue weighted by Crippen LogP contribution is 2.29. The van der Waals surface area contributed by atoms with Crippen LogP contribution in [0.5, 0.6) is 0 Å². The predicted molar refractivity (Wildman–Crippen MR) is 80.0 cm³/mol. The van der Waals surface area contributed by atoms with Crippen molar-refractivity contribution in [3.8, 4) is 10.6 Å². The van der Waals surface area contributed by atoms with Gasteiger partial charge in [-0.05, 0) is 40.8 Å². The van der Waals surface area contributed by atoms with E-state index in [1.54, 1.807) is 18.3 Å². The Labute approximate surface area is 124 Å². The van der Waals surface area contributed by atoms with Crippen LogP contribution in [0.15, 0.2) is 38.9 Å². The Morgan fingerprint density at radius 2 is 2.30 bits per heavy atom. The molecule has 1 amide bonds. The Hall–Kier alpha value is -1.92. The Bertz CT molecular complexity index is 700. The van der Waals surface area contributed by atoms with Crippen molar-refractivity contribution in [1.82, 2.24) is 10.5 Å². The first kappa shape index (κ1) is 13.1. The number of nitrogens with zero attached hydrogens (tertiary/aromatic N) is 1. The summed E-state index contributed by atoms with van der Waals surface area (Å²) in [4.78, 5) is 13.2. The Morgan fingerprint density at radius 3 is 3.00 bits per heavy atom. The van der Waals surface area contributed by atoms with Crippen LogP contribution in [-0.4, -0.2) is 11.1 Å². The summed E-state index contributed by atoms with van der Waals surface area (Å²) in [5, 5.41) is 12.8. The number of nitrogens with one attached hydrogen (secondary N) is 1. The second-order valence-electron chi connectivity index (χ2n) is 4.26. The number of hydrogen-bond acceptors (Lipinski definition) is 5. The van der Waals surface area contributed by atoms with Gasteiger partial charge >= 0.3 is 0 Å². The van der Waals surface area contributed by atoms with E-state index in [4.69, 9.17) is 4.52 Å². The molecule has 0 radical (unpaired) electrons. The van der Waals surface area contributed by atoms with Gasteiger partial charge in [0.05, 0.1) is 10.6 Å². The van der Waals surface area contributed by atoms with Gasteiger partial charge in [-0.1, -0.05) is 11.2 Å². The summed E-state index contributed by atoms with van der Waals surface area (Å²) in [6.07, 6.45) is 0. The van der Waals surface area contributed by atoms with E-state index in [1.165, 1.54) is 11.3 Å². The summed E-state index contributed by atoms with van der Waals surface area (Å²) < 4.78 is 5.30. The Morgan fingerprint density at radius 1 is 1.40 bits per heavy atom. The lowest BCUT2D eigenvalue weighted by atomic mass is 10.1. The van der Waals surface area contributed by atoms with Gasteiger partial charge in [-0.15, -0.1) is 11.3 Å². The molecular weight excluding hydrogens is 292 g/mol. The topological polar surface area (TPSA) is 55.1 Å². The van der Waals surface area contributed by atoms with Crippen LogP contribution in [0.25, 0.3) is 10.6 Å². The van der Waals surface area contributed by atoms with E-state index in [2.05, 4.69) is 10.5 Å². The highest BCUT2D eigenvalue weighted by atomic mass is 32.1. The molecule has 102 valence electrons. The molecule has 0 aliphatic carbocycles. The molecular formula is C14H12N2O2S2. The van der Waals surface area contributed by atoms with Crippen LogP contribution in [0.2, 0.25) is 0 Å². The van der Waals surface area contributed by atoms with Gasteiger partial charge in [0.2, 0.25) is 0 Å². The van der Waals surface area contributed by atoms with Gasteiger partial charge in [-0.25, -0.2) is 0 Å². The van der Waals surface area contributed by atoms with Gasteiger partial charge < -0.3 is 9.84 Å². The van der Waals surface area contributed by atoms with Crippen LogP contribution in [-0.2, 0) is 6.54 Å². The van der Waals surface area contributed by atoms with Crippen LogP contribution in [0.4, 0.5) is 0 Å². The van der Waals surface area contributed by atoms with E-state index < -0.39 is 0 Å². The predicted octanol–water partition coefficient (Wildman–Crippen LogP) is 3.70. The fraction of sp³-hybridized carbons (Fsp3) is 0.143. The van der Waals surface area contributed by atoms with E-state index in [1.807, 2.05) is 34.3 Å². The third kappa shape index (κ3) is 2.52. The maximum atomic E-state index is 12.3. The number of carbonyl (C=O) groups is 1. The third-order valence-corrected chi connectivity index (χ3v) is 4.47. The molecule has 0 bridgehead atoms. The highest BCUT2D eigenvalue weighted by molar-refractivity contribution is 7.13. The zero-order valence-electron chi connectivity index (χ0n) is 10.8. The van der Waals surface area contributed by atoms with E-state index in [9.17, 15) is 4.79 Å². The lowest BCUT2D eigenvalue weighted by Crippen LogP contribution is -2.23. The van der Waals surface area contributed by atoms with Crippen LogP contribution in [0.3, 0.4) is 0 Å². The molecule has 1 N–H and O–H groups in total. The monoisotopic (exact) mass is 304 g/mol. The lowest BCUT2D eigenvalue weighted by Gasteiger charge is -2.03. The second-order valence-corrected chi connectivity index (χ2v) is 5.99. The summed E-state index contributed by atoms with van der Waals surface area (Å²) in [5.74, 6) is 0.388. The molecule has 3 aromatic heterocycles. The van der Waals surface area contributed by atoms with E-state index in [-0.39, 0.29) is 5.91 Å². The number of carbonyl (C=O) groups excluding carboxylic acids is 1. The quantitative estimate of drug-likeness (QED) is 0.799. The van der Waals surface area contributed by atoms with Crippen molar-refractivity contribution in [2.24, 2.45) is 0 Å². The number of rotatable bonds is 4. The van der Waals surface area contributed by atoms with Crippen molar-refractivity contribution in [2.75, 3.05) is 0 Å². The molecule has 3 aromatic rings. The second kappa shape index (κ2) is 5.60. The summed E-state index contributed by atoms with van der Waals surface area (Å²) in [6, 6.07) is 5.83. The van der Waals surface area contributed by atoms with Crippen molar-refractivity contribution in [1.29, 1.82) is 0 Å². The normalized spacial score (nSPS) is 10.7. The average molecular weight is 304 g/mol. The maximum Gasteiger partial charge on any atom is 0.257 e. The number of amides is 1. The van der Waals surface area contributed by atoms with Gasteiger partial charge in [0.25, 0.3) is 5.91 Å². The molecule has 0 aliphatic rings. The average Bonchev–Trinajstić information content (AvgIpc) is 3.17. The first-order valence-corrected chi connectivity index (χ1v) is 7.87. The minimum atomic E-state index is -0.154. The molecule has 0 spiro atoms. The molecule has 0 atom stereocenters. The number of hydrogen-bond donors (Lipinski definition) is 1. The van der Waals surface area contributed by atoms with E-state index in [0.717, 1.165) is 10.4 Å². The fourth-order valence-corrected chi connectivity index (χ4v) is 3.25. The van der Waals surface area contributed by atoms with Gasteiger partial charge in [0.1, 0.15) is 5.56 Å². The van der Waals surface area contributed by atoms with Gasteiger partial charge in [-0.3, -0.25) is 4.79 Å². The summed E-state index contributed by atoms with van der Waals surface area (Å²) in [5.41, 5.74) is 2.22. The smallest absolute Gasteiger partial charge is 0.257 e. The summed E-state index contributed by atoms with van der Waals surface area (Å²) in [7, 11) is 0. The van der Waals surface area contributed by atoms with E-state index >= 15 is 0 Å². The molecule has 0 fully saturated rings. The zero-order chi connectivity index (χ0) is 13.9. The summed E-state index contributed by atoms with van der Waals surface area (Å²) >= 11 is 3.14. The van der Waals surface area contributed by atoms with Crippen molar-refractivity contribution in [2.45, 2.75) is 13.5 Å². The van der Waals surface area contributed by atoms with Crippen LogP contribution in [0.1, 0.15) is 21.6 Å². The van der Waals surface area contributed by atoms with Gasteiger partial charge in [0.15, 0.2) is 5.76 Å². The zero-order valence-corrected chi connectivity index (χ0v) is 12.4. The van der Waals surface area contributed by atoms with Gasteiger partial charge in [0, 0.05) is 6.54 Å². The minimum absolute atomic E-state index is 0.154. The standard InChI is InChI=1S/C14H12N2O2S2/c1-9-12(13(18-16-9)11-3-2-5-20-11)14(17)15-7-10-4-6-19-8-10/h2-6,8H,7H2,1H3,(H,15,17). The molecule has 20 heavy (non-hydrogen) atoms. The molecule has 6 heteroatoms. The van der Waals surface area contributed by atoms with Crippen molar-refractivity contribution in [3.63, 3.8) is 0 Å². The molecule has 0 aliphatic heterocycles. The van der Waals surface area contributed by atoms with Crippen molar-refractivity contribution < 1.29 is 9.32 Å². The largest absolute Gasteiger partial charge is 0.354 e. The number of aromatic nitrogens is 1. The first-order chi connectivity index (χ1) is 9.75. The lowest BCUT2D eigenvalue weighted by molar-refractivity contribution is 0.0950. The molecule has 0 saturated heterocycles. The van der Waals surface area contributed by atoms with Crippen LogP contribution < -0.4 is 5.32 Å². The third-order valence-electron chi connectivity index (χ3n) is 2.87. The summed E-state index contributed by atoms with van der Waals surface area (Å²) in [6.45, 7) is 2.29.